The van der Waals surface area contributed by atoms with E-state index in [9.17, 15) is 14.4 Å². The summed E-state index contributed by atoms with van der Waals surface area (Å²) in [6, 6.07) is 12.2. The van der Waals surface area contributed by atoms with Crippen LogP contribution in [0.4, 0.5) is 0 Å². The van der Waals surface area contributed by atoms with Crippen molar-refractivity contribution in [1.82, 2.24) is 0 Å². The molecule has 178 valence electrons. The Hall–Kier alpha value is -3.93. The smallest absolute Gasteiger partial charge is 0.338 e. The maximum atomic E-state index is 12.2. The molecule has 6 nitrogen and oxygen atoms in total. The third kappa shape index (κ3) is 6.78. The van der Waals surface area contributed by atoms with Crippen LogP contribution >= 0.6 is 0 Å². The Balaban J connectivity index is 2.40. The second-order valence-corrected chi connectivity index (χ2v) is 8.35. The van der Waals surface area contributed by atoms with Crippen molar-refractivity contribution in [2.75, 3.05) is 0 Å². The Morgan fingerprint density at radius 3 is 1.71 bits per heavy atom. The number of allylic oxidation sites excluding steroid dienone is 2. The first kappa shape index (κ1) is 26.3. The van der Waals surface area contributed by atoms with Gasteiger partial charge in [0.05, 0.1) is 5.92 Å². The molecule has 0 saturated carbocycles. The van der Waals surface area contributed by atoms with Crippen LogP contribution in [0, 0.1) is 5.92 Å². The minimum atomic E-state index is -0.606. The quantitative estimate of drug-likeness (QED) is 0.202. The van der Waals surface area contributed by atoms with Gasteiger partial charge in [-0.15, -0.1) is 0 Å². The molecule has 0 bridgehead atoms. The van der Waals surface area contributed by atoms with Crippen molar-refractivity contribution in [2.24, 2.45) is 5.92 Å². The Kier molecular flexibility index (Phi) is 8.73. The van der Waals surface area contributed by atoms with Gasteiger partial charge < -0.3 is 14.2 Å². The molecule has 0 unspecified atom stereocenters. The van der Waals surface area contributed by atoms with E-state index in [1.165, 1.54) is 6.92 Å². The third-order valence-electron chi connectivity index (χ3n) is 5.02. The number of benzene rings is 2. The van der Waals surface area contributed by atoms with E-state index in [0.717, 1.165) is 22.3 Å². The van der Waals surface area contributed by atoms with Crippen LogP contribution in [0.3, 0.4) is 0 Å². The van der Waals surface area contributed by atoms with Crippen LogP contribution in [0.1, 0.15) is 52.7 Å². The summed E-state index contributed by atoms with van der Waals surface area (Å²) in [7, 11) is 0. The van der Waals surface area contributed by atoms with Crippen LogP contribution in [-0.2, 0) is 14.4 Å². The zero-order valence-corrected chi connectivity index (χ0v) is 20.5. The SMILES string of the molecule is C=C(C)C(=O)Oc1ccc(/C(C)=C(\C)c2ccc(OC(=O)C(=C)C)c(OC(=O)C(C)C)c2)cc1. The summed E-state index contributed by atoms with van der Waals surface area (Å²) in [5.74, 6) is -1.17. The minimum absolute atomic E-state index is 0.139. The van der Waals surface area contributed by atoms with Gasteiger partial charge in [0.15, 0.2) is 11.5 Å². The second kappa shape index (κ2) is 11.3. The lowest BCUT2D eigenvalue weighted by molar-refractivity contribution is -0.138. The van der Waals surface area contributed by atoms with Crippen LogP contribution in [0.2, 0.25) is 0 Å². The highest BCUT2D eigenvalue weighted by Crippen LogP contribution is 2.35. The fourth-order valence-electron chi connectivity index (χ4n) is 2.72. The minimum Gasteiger partial charge on any atom is -0.423 e. The van der Waals surface area contributed by atoms with E-state index >= 15 is 0 Å². The maximum Gasteiger partial charge on any atom is 0.338 e. The van der Waals surface area contributed by atoms with Gasteiger partial charge in [-0.05, 0) is 74.2 Å². The fraction of sp³-hybridized carbons (Fsp3) is 0.250. The third-order valence-corrected chi connectivity index (χ3v) is 5.02. The predicted molar refractivity (Wildman–Crippen MR) is 132 cm³/mol. The standard InChI is InChI=1S/C28H30O6/c1-16(2)26(29)32-23-12-9-21(10-13-23)19(7)20(8)22-11-14-24(33-27(30)17(3)4)25(15-22)34-28(31)18(5)6/h9-15,18H,1,3H2,2,4-8H3/b20-19+. The van der Waals surface area contributed by atoms with Gasteiger partial charge in [0.25, 0.3) is 0 Å². The molecule has 0 amide bonds. The van der Waals surface area contributed by atoms with E-state index in [1.807, 2.05) is 26.0 Å². The molecule has 2 rings (SSSR count). The van der Waals surface area contributed by atoms with Crippen LogP contribution in [0.5, 0.6) is 17.2 Å². The average Bonchev–Trinajstić information content (AvgIpc) is 2.79. The molecule has 0 fully saturated rings. The predicted octanol–water partition coefficient (Wildman–Crippen LogP) is 6.16. The monoisotopic (exact) mass is 462 g/mol. The summed E-state index contributed by atoms with van der Waals surface area (Å²) < 4.78 is 16.1. The van der Waals surface area contributed by atoms with E-state index in [2.05, 4.69) is 13.2 Å². The van der Waals surface area contributed by atoms with Crippen molar-refractivity contribution in [3.63, 3.8) is 0 Å². The Labute approximate surface area is 200 Å². The average molecular weight is 463 g/mol. The number of hydrogen-bond acceptors (Lipinski definition) is 6. The van der Waals surface area contributed by atoms with Gasteiger partial charge in [-0.3, -0.25) is 4.79 Å². The van der Waals surface area contributed by atoms with Crippen molar-refractivity contribution in [1.29, 1.82) is 0 Å². The van der Waals surface area contributed by atoms with Crippen LogP contribution in [0.15, 0.2) is 66.8 Å². The van der Waals surface area contributed by atoms with Crippen molar-refractivity contribution in [3.05, 3.63) is 77.9 Å². The Bertz CT molecular complexity index is 1170. The van der Waals surface area contributed by atoms with Crippen LogP contribution in [-0.4, -0.2) is 17.9 Å². The lowest BCUT2D eigenvalue weighted by atomic mass is 9.96. The molecular weight excluding hydrogens is 432 g/mol. The molecule has 6 heteroatoms. The largest absolute Gasteiger partial charge is 0.423 e. The lowest BCUT2D eigenvalue weighted by Gasteiger charge is -2.15. The second-order valence-electron chi connectivity index (χ2n) is 8.35. The molecule has 0 aromatic heterocycles. The zero-order chi connectivity index (χ0) is 25.6. The van der Waals surface area contributed by atoms with Gasteiger partial charge in [-0.2, -0.15) is 0 Å². The molecule has 0 atom stereocenters. The van der Waals surface area contributed by atoms with Crippen molar-refractivity contribution in [3.8, 4) is 17.2 Å². The molecule has 0 radical (unpaired) electrons. The summed E-state index contributed by atoms with van der Waals surface area (Å²) in [4.78, 5) is 36.0. The van der Waals surface area contributed by atoms with Crippen molar-refractivity contribution < 1.29 is 28.6 Å². The number of ether oxygens (including phenoxy) is 3. The summed E-state index contributed by atoms with van der Waals surface area (Å²) >= 11 is 0. The normalized spacial score (nSPS) is 11.4. The van der Waals surface area contributed by atoms with Crippen molar-refractivity contribution >= 4 is 29.1 Å². The maximum absolute atomic E-state index is 12.2. The summed E-state index contributed by atoms with van der Waals surface area (Å²) in [5.41, 5.74) is 4.15. The highest BCUT2D eigenvalue weighted by Gasteiger charge is 2.18. The molecule has 0 aliphatic rings. The van der Waals surface area contributed by atoms with E-state index < -0.39 is 17.9 Å². The van der Waals surface area contributed by atoms with Gasteiger partial charge in [-0.25, -0.2) is 9.59 Å². The number of esters is 3. The highest BCUT2D eigenvalue weighted by atomic mass is 16.6. The van der Waals surface area contributed by atoms with Gasteiger partial charge in [0.2, 0.25) is 0 Å². The van der Waals surface area contributed by atoms with Gasteiger partial charge in [0.1, 0.15) is 5.75 Å². The molecule has 2 aromatic rings. The first-order valence-corrected chi connectivity index (χ1v) is 10.8. The van der Waals surface area contributed by atoms with Crippen molar-refractivity contribution in [2.45, 2.75) is 41.5 Å². The van der Waals surface area contributed by atoms with E-state index in [1.54, 1.807) is 51.1 Å². The number of carbonyl (C=O) groups excluding carboxylic acids is 3. The Morgan fingerprint density at radius 2 is 1.18 bits per heavy atom. The fourth-order valence-corrected chi connectivity index (χ4v) is 2.72. The van der Waals surface area contributed by atoms with Gasteiger partial charge in [0, 0.05) is 11.1 Å². The number of rotatable bonds is 8. The molecule has 0 saturated heterocycles. The van der Waals surface area contributed by atoms with Crippen LogP contribution < -0.4 is 14.2 Å². The number of carbonyl (C=O) groups is 3. The topological polar surface area (TPSA) is 78.9 Å². The van der Waals surface area contributed by atoms with E-state index in [0.29, 0.717) is 11.3 Å². The molecule has 0 spiro atoms. The summed E-state index contributed by atoms with van der Waals surface area (Å²) in [6.45, 7) is 17.6. The lowest BCUT2D eigenvalue weighted by Crippen LogP contribution is -2.16. The Morgan fingerprint density at radius 1 is 0.676 bits per heavy atom. The van der Waals surface area contributed by atoms with E-state index in [-0.39, 0.29) is 23.0 Å². The molecule has 0 aliphatic carbocycles. The van der Waals surface area contributed by atoms with E-state index in [4.69, 9.17) is 14.2 Å². The van der Waals surface area contributed by atoms with Crippen LogP contribution in [0.25, 0.3) is 11.1 Å². The molecule has 0 N–H and O–H groups in total. The molecule has 2 aromatic carbocycles. The van der Waals surface area contributed by atoms with Gasteiger partial charge >= 0.3 is 17.9 Å². The molecular formula is C28H30O6. The summed E-state index contributed by atoms with van der Waals surface area (Å²) in [5, 5.41) is 0. The number of hydrogen-bond donors (Lipinski definition) is 0. The zero-order valence-electron chi connectivity index (χ0n) is 20.5. The molecule has 0 aliphatic heterocycles. The first-order valence-electron chi connectivity index (χ1n) is 10.8. The highest BCUT2D eigenvalue weighted by molar-refractivity contribution is 5.92. The molecule has 34 heavy (non-hydrogen) atoms. The summed E-state index contributed by atoms with van der Waals surface area (Å²) in [6.07, 6.45) is 0. The van der Waals surface area contributed by atoms with Gasteiger partial charge in [-0.1, -0.05) is 45.2 Å². The first-order chi connectivity index (χ1) is 15.9. The molecule has 0 heterocycles.